The summed E-state index contributed by atoms with van der Waals surface area (Å²) in [5.74, 6) is 1.42. The maximum absolute atomic E-state index is 5.52. The zero-order valence-electron chi connectivity index (χ0n) is 10.1. The quantitative estimate of drug-likeness (QED) is 0.846. The minimum atomic E-state index is 0.349. The molecule has 0 amide bonds. The molecule has 0 atom stereocenters. The van der Waals surface area contributed by atoms with Gasteiger partial charge in [0.05, 0.1) is 6.54 Å². The van der Waals surface area contributed by atoms with Crippen LogP contribution in [0.1, 0.15) is 17.0 Å². The van der Waals surface area contributed by atoms with Gasteiger partial charge < -0.3 is 11.1 Å². The number of nitrogens with two attached hydrogens (primary N) is 1. The average molecular weight is 228 g/mol. The number of para-hydroxylation sites is 1. The highest BCUT2D eigenvalue weighted by Gasteiger charge is 2.03. The molecule has 0 aliphatic rings. The Kier molecular flexibility index (Phi) is 3.35. The van der Waals surface area contributed by atoms with Crippen molar-refractivity contribution in [1.82, 2.24) is 9.97 Å². The van der Waals surface area contributed by atoms with Crippen LogP contribution < -0.4 is 11.1 Å². The van der Waals surface area contributed by atoms with Gasteiger partial charge in [0.1, 0.15) is 11.6 Å². The molecule has 3 N–H and O–H groups in total. The first-order valence-electron chi connectivity index (χ1n) is 5.56. The molecule has 0 aliphatic heterocycles. The first kappa shape index (κ1) is 11.5. The third kappa shape index (κ3) is 2.60. The third-order valence-electron chi connectivity index (χ3n) is 2.62. The smallest absolute Gasteiger partial charge is 0.144 e. The van der Waals surface area contributed by atoms with Gasteiger partial charge in [0.2, 0.25) is 0 Å². The van der Waals surface area contributed by atoms with Gasteiger partial charge in [0, 0.05) is 11.9 Å². The molecule has 0 spiro atoms. The number of rotatable bonds is 3. The van der Waals surface area contributed by atoms with Crippen molar-refractivity contribution < 1.29 is 0 Å². The standard InChI is InChI=1S/C13H16N4/c1-9-4-3-5-10(2)13(9)17-11-6-7-15-12(8-14)16-11/h3-7H,8,14H2,1-2H3,(H,15,16,17). The molecule has 2 aromatic rings. The number of nitrogens with one attached hydrogen (secondary N) is 1. The molecule has 4 nitrogen and oxygen atoms in total. The molecular weight excluding hydrogens is 212 g/mol. The van der Waals surface area contributed by atoms with E-state index in [1.807, 2.05) is 12.1 Å². The van der Waals surface area contributed by atoms with E-state index in [0.717, 1.165) is 11.5 Å². The molecule has 0 saturated carbocycles. The summed E-state index contributed by atoms with van der Waals surface area (Å²) in [6.45, 7) is 4.49. The average Bonchev–Trinajstić information content (AvgIpc) is 2.34. The molecule has 0 aliphatic carbocycles. The number of aryl methyl sites for hydroxylation is 2. The number of aromatic nitrogens is 2. The second-order valence-corrected chi connectivity index (χ2v) is 3.95. The number of nitrogens with zero attached hydrogens (tertiary/aromatic N) is 2. The van der Waals surface area contributed by atoms with E-state index in [9.17, 15) is 0 Å². The van der Waals surface area contributed by atoms with Gasteiger partial charge in [-0.15, -0.1) is 0 Å². The number of hydrogen-bond acceptors (Lipinski definition) is 4. The Labute approximate surface area is 101 Å². The van der Waals surface area contributed by atoms with Crippen molar-refractivity contribution >= 4 is 11.5 Å². The molecule has 0 bridgehead atoms. The van der Waals surface area contributed by atoms with Gasteiger partial charge in [-0.05, 0) is 31.0 Å². The van der Waals surface area contributed by atoms with Gasteiger partial charge in [-0.25, -0.2) is 9.97 Å². The van der Waals surface area contributed by atoms with E-state index in [1.165, 1.54) is 11.1 Å². The fraction of sp³-hybridized carbons (Fsp3) is 0.231. The van der Waals surface area contributed by atoms with Crippen LogP contribution in [0.15, 0.2) is 30.5 Å². The van der Waals surface area contributed by atoms with E-state index in [4.69, 9.17) is 5.73 Å². The van der Waals surface area contributed by atoms with E-state index in [2.05, 4.69) is 41.3 Å². The van der Waals surface area contributed by atoms with Gasteiger partial charge in [-0.3, -0.25) is 0 Å². The molecule has 0 radical (unpaired) electrons. The number of benzene rings is 1. The summed E-state index contributed by atoms with van der Waals surface area (Å²) < 4.78 is 0. The maximum atomic E-state index is 5.52. The Hall–Kier alpha value is -1.94. The highest BCUT2D eigenvalue weighted by molar-refractivity contribution is 5.64. The predicted octanol–water partition coefficient (Wildman–Crippen LogP) is 2.30. The molecule has 1 aromatic carbocycles. The molecule has 2 rings (SSSR count). The topological polar surface area (TPSA) is 63.8 Å². The molecule has 4 heteroatoms. The van der Waals surface area contributed by atoms with Crippen molar-refractivity contribution in [3.8, 4) is 0 Å². The Morgan fingerprint density at radius 1 is 1.18 bits per heavy atom. The first-order chi connectivity index (χ1) is 8.20. The molecule has 1 aromatic heterocycles. The summed E-state index contributed by atoms with van der Waals surface area (Å²) >= 11 is 0. The first-order valence-corrected chi connectivity index (χ1v) is 5.56. The zero-order valence-corrected chi connectivity index (χ0v) is 10.1. The van der Waals surface area contributed by atoms with Crippen LogP contribution in [0, 0.1) is 13.8 Å². The van der Waals surface area contributed by atoms with Crippen LogP contribution in [0.25, 0.3) is 0 Å². The molecule has 0 unspecified atom stereocenters. The Morgan fingerprint density at radius 3 is 2.53 bits per heavy atom. The normalized spacial score (nSPS) is 10.3. The minimum absolute atomic E-state index is 0.349. The van der Waals surface area contributed by atoms with Gasteiger partial charge in [0.25, 0.3) is 0 Å². The lowest BCUT2D eigenvalue weighted by atomic mass is 10.1. The van der Waals surface area contributed by atoms with Crippen molar-refractivity contribution in [2.45, 2.75) is 20.4 Å². The van der Waals surface area contributed by atoms with Crippen molar-refractivity contribution in [3.63, 3.8) is 0 Å². The lowest BCUT2D eigenvalue weighted by Gasteiger charge is -2.12. The lowest BCUT2D eigenvalue weighted by Crippen LogP contribution is -2.05. The summed E-state index contributed by atoms with van der Waals surface area (Å²) in [7, 11) is 0. The lowest BCUT2D eigenvalue weighted by molar-refractivity contribution is 0.912. The largest absolute Gasteiger partial charge is 0.340 e. The molecule has 0 saturated heterocycles. The molecular formula is C13H16N4. The van der Waals surface area contributed by atoms with Crippen molar-refractivity contribution in [1.29, 1.82) is 0 Å². The number of hydrogen-bond donors (Lipinski definition) is 2. The fourth-order valence-electron chi connectivity index (χ4n) is 1.71. The highest BCUT2D eigenvalue weighted by Crippen LogP contribution is 2.22. The van der Waals surface area contributed by atoms with E-state index in [0.29, 0.717) is 12.4 Å². The summed E-state index contributed by atoms with van der Waals surface area (Å²) in [4.78, 5) is 8.39. The van der Waals surface area contributed by atoms with Crippen LogP contribution in [0.5, 0.6) is 0 Å². The molecule has 88 valence electrons. The Morgan fingerprint density at radius 2 is 1.88 bits per heavy atom. The summed E-state index contributed by atoms with van der Waals surface area (Å²) in [6, 6.07) is 8.02. The van der Waals surface area contributed by atoms with E-state index >= 15 is 0 Å². The zero-order chi connectivity index (χ0) is 12.3. The van der Waals surface area contributed by atoms with Gasteiger partial charge in [-0.1, -0.05) is 18.2 Å². The van der Waals surface area contributed by atoms with Crippen LogP contribution in [-0.4, -0.2) is 9.97 Å². The van der Waals surface area contributed by atoms with E-state index < -0.39 is 0 Å². The van der Waals surface area contributed by atoms with Crippen molar-refractivity contribution in [2.75, 3.05) is 5.32 Å². The van der Waals surface area contributed by atoms with E-state index in [1.54, 1.807) is 6.20 Å². The highest BCUT2D eigenvalue weighted by atomic mass is 15.0. The van der Waals surface area contributed by atoms with E-state index in [-0.39, 0.29) is 0 Å². The second kappa shape index (κ2) is 4.93. The molecule has 1 heterocycles. The monoisotopic (exact) mass is 228 g/mol. The van der Waals surface area contributed by atoms with Crippen LogP contribution in [0.2, 0.25) is 0 Å². The van der Waals surface area contributed by atoms with Crippen LogP contribution in [0.4, 0.5) is 11.5 Å². The van der Waals surface area contributed by atoms with Gasteiger partial charge in [0.15, 0.2) is 0 Å². The molecule has 0 fully saturated rings. The Bertz CT molecular complexity index is 502. The van der Waals surface area contributed by atoms with Crippen molar-refractivity contribution in [3.05, 3.63) is 47.4 Å². The second-order valence-electron chi connectivity index (χ2n) is 3.95. The SMILES string of the molecule is Cc1cccc(C)c1Nc1ccnc(CN)n1. The molecule has 17 heavy (non-hydrogen) atoms. The summed E-state index contributed by atoms with van der Waals surface area (Å²) in [6.07, 6.45) is 1.71. The Balaban J connectivity index is 2.31. The van der Waals surface area contributed by atoms with Crippen LogP contribution in [0.3, 0.4) is 0 Å². The summed E-state index contributed by atoms with van der Waals surface area (Å²) in [5, 5.41) is 3.31. The fourth-order valence-corrected chi connectivity index (χ4v) is 1.71. The van der Waals surface area contributed by atoms with Crippen molar-refractivity contribution in [2.24, 2.45) is 5.73 Å². The van der Waals surface area contributed by atoms with Crippen LogP contribution in [-0.2, 0) is 6.54 Å². The van der Waals surface area contributed by atoms with Gasteiger partial charge >= 0.3 is 0 Å². The van der Waals surface area contributed by atoms with Gasteiger partial charge in [-0.2, -0.15) is 0 Å². The summed E-state index contributed by atoms with van der Waals surface area (Å²) in [5.41, 5.74) is 9.00. The number of anilines is 2. The predicted molar refractivity (Wildman–Crippen MR) is 69.1 cm³/mol. The minimum Gasteiger partial charge on any atom is -0.340 e. The van der Waals surface area contributed by atoms with Crippen LogP contribution >= 0.6 is 0 Å². The third-order valence-corrected chi connectivity index (χ3v) is 2.62. The maximum Gasteiger partial charge on any atom is 0.144 e.